The number of carbonyl (C=O) groups is 1. The summed E-state index contributed by atoms with van der Waals surface area (Å²) in [6, 6.07) is 25.5. The lowest BCUT2D eigenvalue weighted by Crippen LogP contribution is -2.07. The highest BCUT2D eigenvalue weighted by Gasteiger charge is 2.27. The van der Waals surface area contributed by atoms with Gasteiger partial charge in [-0.25, -0.2) is 4.79 Å². The molecular weight excluding hydrogens is 338 g/mol. The van der Waals surface area contributed by atoms with Gasteiger partial charge in [0, 0.05) is 11.1 Å². The molecule has 27 heavy (non-hydrogen) atoms. The highest BCUT2D eigenvalue weighted by atomic mass is 16.7. The van der Waals surface area contributed by atoms with E-state index in [1.165, 1.54) is 0 Å². The Bertz CT molecular complexity index is 1030. The Balaban J connectivity index is 1.68. The Morgan fingerprint density at radius 3 is 2.19 bits per heavy atom. The molecule has 0 spiro atoms. The average Bonchev–Trinajstić information content (AvgIpc) is 3.09. The molecule has 4 heteroatoms. The highest BCUT2D eigenvalue weighted by Crippen LogP contribution is 2.26. The number of benzene rings is 3. The van der Waals surface area contributed by atoms with E-state index in [0.29, 0.717) is 17.0 Å². The fourth-order valence-electron chi connectivity index (χ4n) is 3.01. The molecule has 0 aliphatic carbocycles. The van der Waals surface area contributed by atoms with Crippen LogP contribution in [0, 0.1) is 0 Å². The van der Waals surface area contributed by atoms with Crippen molar-refractivity contribution in [3.05, 3.63) is 95.6 Å². The molecule has 3 aromatic rings. The largest absolute Gasteiger partial charge is 0.496 e. The molecule has 0 bridgehead atoms. The average molecular weight is 355 g/mol. The van der Waals surface area contributed by atoms with E-state index in [1.54, 1.807) is 13.2 Å². The molecule has 1 aliphatic heterocycles. The van der Waals surface area contributed by atoms with Crippen LogP contribution >= 0.6 is 0 Å². The third-order valence-corrected chi connectivity index (χ3v) is 4.40. The molecule has 0 fully saturated rings. The number of para-hydroxylation sites is 1. The van der Waals surface area contributed by atoms with Crippen LogP contribution in [0.15, 0.2) is 89.6 Å². The molecule has 4 nitrogen and oxygen atoms in total. The summed E-state index contributed by atoms with van der Waals surface area (Å²) in [5.74, 6) is 0.214. The summed E-state index contributed by atoms with van der Waals surface area (Å²) in [7, 11) is 1.60. The first-order chi connectivity index (χ1) is 13.3. The lowest BCUT2D eigenvalue weighted by molar-refractivity contribution is -0.136. The molecule has 4 rings (SSSR count). The first-order valence-electron chi connectivity index (χ1n) is 8.56. The number of nitrogens with zero attached hydrogens (tertiary/aromatic N) is 1. The van der Waals surface area contributed by atoms with Crippen LogP contribution in [0.5, 0.6) is 5.75 Å². The minimum absolute atomic E-state index is 0.409. The SMILES string of the molecule is COc1ccccc1/C=C1\C(=O)ON=C1c1ccc(-c2ccccc2)cc1. The molecule has 0 amide bonds. The maximum atomic E-state index is 12.2. The van der Waals surface area contributed by atoms with Gasteiger partial charge >= 0.3 is 5.97 Å². The summed E-state index contributed by atoms with van der Waals surface area (Å²) >= 11 is 0. The van der Waals surface area contributed by atoms with Crippen molar-refractivity contribution in [2.45, 2.75) is 0 Å². The predicted octanol–water partition coefficient (Wildman–Crippen LogP) is 4.71. The topological polar surface area (TPSA) is 47.9 Å². The van der Waals surface area contributed by atoms with Crippen LogP contribution in [-0.4, -0.2) is 18.8 Å². The van der Waals surface area contributed by atoms with Gasteiger partial charge in [0.2, 0.25) is 0 Å². The predicted molar refractivity (Wildman–Crippen MR) is 105 cm³/mol. The summed E-state index contributed by atoms with van der Waals surface area (Å²) in [5, 5.41) is 3.98. The van der Waals surface area contributed by atoms with Crippen molar-refractivity contribution in [3.8, 4) is 16.9 Å². The van der Waals surface area contributed by atoms with Crippen molar-refractivity contribution >= 4 is 17.8 Å². The third-order valence-electron chi connectivity index (χ3n) is 4.40. The van der Waals surface area contributed by atoms with Crippen LogP contribution in [0.3, 0.4) is 0 Å². The fraction of sp³-hybridized carbons (Fsp3) is 0.0435. The second-order valence-corrected chi connectivity index (χ2v) is 6.06. The zero-order valence-corrected chi connectivity index (χ0v) is 14.8. The van der Waals surface area contributed by atoms with Crippen molar-refractivity contribution in [2.75, 3.05) is 7.11 Å². The molecule has 0 radical (unpaired) electrons. The van der Waals surface area contributed by atoms with E-state index in [2.05, 4.69) is 17.3 Å². The molecule has 0 unspecified atom stereocenters. The Hall–Kier alpha value is -3.66. The maximum Gasteiger partial charge on any atom is 0.368 e. The van der Waals surface area contributed by atoms with E-state index in [1.807, 2.05) is 66.7 Å². The second-order valence-electron chi connectivity index (χ2n) is 6.06. The minimum Gasteiger partial charge on any atom is -0.496 e. The molecule has 1 heterocycles. The molecule has 0 atom stereocenters. The number of methoxy groups -OCH3 is 1. The Morgan fingerprint density at radius 1 is 0.815 bits per heavy atom. The number of hydrogen-bond donors (Lipinski definition) is 0. The van der Waals surface area contributed by atoms with E-state index in [0.717, 1.165) is 22.3 Å². The molecule has 0 saturated carbocycles. The molecule has 132 valence electrons. The fourth-order valence-corrected chi connectivity index (χ4v) is 3.01. The number of hydrogen-bond acceptors (Lipinski definition) is 4. The molecule has 1 aliphatic rings. The normalized spacial score (nSPS) is 14.8. The molecule has 0 saturated heterocycles. The van der Waals surface area contributed by atoms with E-state index >= 15 is 0 Å². The van der Waals surface area contributed by atoms with Gasteiger partial charge in [0.15, 0.2) is 0 Å². The standard InChI is InChI=1S/C23H17NO3/c1-26-21-10-6-5-9-19(21)15-20-22(24-27-23(20)25)18-13-11-17(12-14-18)16-7-3-2-4-8-16/h2-15H,1H3/b20-15-. The van der Waals surface area contributed by atoms with Gasteiger partial charge in [-0.05, 0) is 23.3 Å². The van der Waals surface area contributed by atoms with Gasteiger partial charge in [0.25, 0.3) is 0 Å². The van der Waals surface area contributed by atoms with E-state index in [9.17, 15) is 4.79 Å². The summed E-state index contributed by atoms with van der Waals surface area (Å²) in [4.78, 5) is 17.1. The first-order valence-corrected chi connectivity index (χ1v) is 8.56. The summed E-state index contributed by atoms with van der Waals surface area (Å²) in [6.07, 6.45) is 1.75. The summed E-state index contributed by atoms with van der Waals surface area (Å²) < 4.78 is 5.36. The third kappa shape index (κ3) is 3.37. The van der Waals surface area contributed by atoms with Crippen molar-refractivity contribution in [2.24, 2.45) is 5.16 Å². The zero-order chi connectivity index (χ0) is 18.6. The molecule has 0 aromatic heterocycles. The van der Waals surface area contributed by atoms with Crippen molar-refractivity contribution < 1.29 is 14.4 Å². The Kier molecular flexibility index (Phi) is 4.54. The molecular formula is C23H17NO3. The van der Waals surface area contributed by atoms with Gasteiger partial charge in [-0.15, -0.1) is 0 Å². The van der Waals surface area contributed by atoms with Crippen molar-refractivity contribution in [1.29, 1.82) is 0 Å². The van der Waals surface area contributed by atoms with Crippen LogP contribution in [-0.2, 0) is 9.63 Å². The minimum atomic E-state index is -0.469. The van der Waals surface area contributed by atoms with E-state index in [4.69, 9.17) is 9.57 Å². The Morgan fingerprint density at radius 2 is 1.44 bits per heavy atom. The second kappa shape index (κ2) is 7.30. The van der Waals surface area contributed by atoms with Gasteiger partial charge < -0.3 is 9.57 Å². The van der Waals surface area contributed by atoms with Gasteiger partial charge in [-0.3, -0.25) is 0 Å². The van der Waals surface area contributed by atoms with Crippen molar-refractivity contribution in [3.63, 3.8) is 0 Å². The monoisotopic (exact) mass is 355 g/mol. The van der Waals surface area contributed by atoms with Crippen LogP contribution in [0.25, 0.3) is 17.2 Å². The molecule has 3 aromatic carbocycles. The zero-order valence-electron chi connectivity index (χ0n) is 14.8. The van der Waals surface area contributed by atoms with Crippen LogP contribution in [0.4, 0.5) is 0 Å². The Labute approximate surface area is 157 Å². The number of ether oxygens (including phenoxy) is 1. The van der Waals surface area contributed by atoms with Gasteiger partial charge in [0.1, 0.15) is 11.5 Å². The van der Waals surface area contributed by atoms with Gasteiger partial charge in [0.05, 0.1) is 12.7 Å². The highest BCUT2D eigenvalue weighted by molar-refractivity contribution is 6.31. The van der Waals surface area contributed by atoms with Crippen LogP contribution in [0.2, 0.25) is 0 Å². The van der Waals surface area contributed by atoms with Crippen LogP contribution < -0.4 is 4.74 Å². The summed E-state index contributed by atoms with van der Waals surface area (Å²) in [5.41, 5.74) is 4.77. The van der Waals surface area contributed by atoms with Crippen LogP contribution in [0.1, 0.15) is 11.1 Å². The van der Waals surface area contributed by atoms with E-state index < -0.39 is 5.97 Å². The smallest absolute Gasteiger partial charge is 0.368 e. The number of rotatable bonds is 4. The van der Waals surface area contributed by atoms with E-state index in [-0.39, 0.29) is 0 Å². The first kappa shape index (κ1) is 16.8. The number of oxime groups is 1. The maximum absolute atomic E-state index is 12.2. The molecule has 0 N–H and O–H groups in total. The number of carbonyl (C=O) groups excluding carboxylic acids is 1. The lowest BCUT2D eigenvalue weighted by Gasteiger charge is -2.06. The summed E-state index contributed by atoms with van der Waals surface area (Å²) in [6.45, 7) is 0. The lowest BCUT2D eigenvalue weighted by atomic mass is 9.97. The van der Waals surface area contributed by atoms with Gasteiger partial charge in [-0.1, -0.05) is 78.0 Å². The quantitative estimate of drug-likeness (QED) is 0.503. The van der Waals surface area contributed by atoms with Gasteiger partial charge in [-0.2, -0.15) is 0 Å². The van der Waals surface area contributed by atoms with Crippen molar-refractivity contribution in [1.82, 2.24) is 0 Å².